The van der Waals surface area contributed by atoms with Crippen molar-refractivity contribution in [3.05, 3.63) is 23.8 Å². The van der Waals surface area contributed by atoms with Crippen molar-refractivity contribution in [3.8, 4) is 0 Å². The van der Waals surface area contributed by atoms with Crippen LogP contribution in [0.5, 0.6) is 0 Å². The predicted octanol–water partition coefficient (Wildman–Crippen LogP) is 1.18. The number of nitrogens with zero attached hydrogens (tertiary/aromatic N) is 4. The Bertz CT molecular complexity index is 940. The summed E-state index contributed by atoms with van der Waals surface area (Å²) in [6.07, 6.45) is 0.258. The van der Waals surface area contributed by atoms with Gasteiger partial charge in [-0.2, -0.15) is 0 Å². The fourth-order valence-corrected chi connectivity index (χ4v) is 4.44. The molecular weight excluding hydrogens is 374 g/mol. The lowest BCUT2D eigenvalue weighted by atomic mass is 10.1. The molecule has 9 heteroatoms. The first-order chi connectivity index (χ1) is 14.1. The number of ether oxygens (including phenoxy) is 1. The van der Waals surface area contributed by atoms with Gasteiger partial charge in [0.15, 0.2) is 11.4 Å². The van der Waals surface area contributed by atoms with Crippen molar-refractivity contribution in [2.24, 2.45) is 0 Å². The van der Waals surface area contributed by atoms with E-state index in [4.69, 9.17) is 9.26 Å². The number of hydrogen-bond donors (Lipinski definition) is 1. The molecule has 154 valence electrons. The smallest absolute Gasteiger partial charge is 0.329 e. The van der Waals surface area contributed by atoms with E-state index >= 15 is 0 Å². The lowest BCUT2D eigenvalue weighted by Gasteiger charge is -2.46. The predicted molar refractivity (Wildman–Crippen MR) is 106 cm³/mol. The second kappa shape index (κ2) is 7.40. The first kappa shape index (κ1) is 18.5. The maximum atomic E-state index is 12.2. The van der Waals surface area contributed by atoms with Gasteiger partial charge in [-0.25, -0.2) is 4.79 Å². The average molecular weight is 399 g/mol. The average Bonchev–Trinajstić information content (AvgIpc) is 3.05. The zero-order chi connectivity index (χ0) is 20.0. The molecule has 0 aliphatic carbocycles. The van der Waals surface area contributed by atoms with E-state index in [0.717, 1.165) is 50.3 Å². The first-order valence-electron chi connectivity index (χ1n) is 10.1. The molecule has 3 aliphatic heterocycles. The highest BCUT2D eigenvalue weighted by Crippen LogP contribution is 2.29. The van der Waals surface area contributed by atoms with Gasteiger partial charge in [-0.3, -0.25) is 24.8 Å². The number of benzene rings is 1. The van der Waals surface area contributed by atoms with Gasteiger partial charge in [-0.15, -0.1) is 0 Å². The Morgan fingerprint density at radius 1 is 1.21 bits per heavy atom. The molecule has 5 rings (SSSR count). The van der Waals surface area contributed by atoms with Crippen molar-refractivity contribution in [3.63, 3.8) is 0 Å². The number of piperazine rings is 1. The largest absolute Gasteiger partial charge is 0.378 e. The van der Waals surface area contributed by atoms with Crippen molar-refractivity contribution < 1.29 is 18.8 Å². The van der Waals surface area contributed by atoms with Gasteiger partial charge in [0.05, 0.1) is 24.6 Å². The Morgan fingerprint density at radius 3 is 2.79 bits per heavy atom. The van der Waals surface area contributed by atoms with Gasteiger partial charge in [0, 0.05) is 45.2 Å². The number of carbonyl (C=O) groups excluding carboxylic acids is 2. The lowest BCUT2D eigenvalue weighted by molar-refractivity contribution is -0.120. The van der Waals surface area contributed by atoms with Crippen LogP contribution in [0.4, 0.5) is 10.6 Å². The number of fused-ring (bicyclic) bond motifs is 1. The van der Waals surface area contributed by atoms with E-state index in [2.05, 4.69) is 27.2 Å². The lowest BCUT2D eigenvalue weighted by Crippen LogP contribution is -2.60. The third-order valence-corrected chi connectivity index (χ3v) is 6.08. The van der Waals surface area contributed by atoms with Gasteiger partial charge in [-0.05, 0) is 24.6 Å². The molecule has 0 spiro atoms. The van der Waals surface area contributed by atoms with Crippen LogP contribution in [0.2, 0.25) is 0 Å². The molecule has 0 saturated carbocycles. The number of nitrogens with one attached hydrogen (secondary N) is 1. The molecule has 0 radical (unpaired) electrons. The first-order valence-corrected chi connectivity index (χ1v) is 10.1. The topological polar surface area (TPSA) is 91.2 Å². The van der Waals surface area contributed by atoms with Crippen molar-refractivity contribution in [2.75, 3.05) is 44.3 Å². The molecule has 1 N–H and O–H groups in total. The minimum absolute atomic E-state index is 0.258. The molecule has 3 saturated heterocycles. The fourth-order valence-electron chi connectivity index (χ4n) is 4.44. The van der Waals surface area contributed by atoms with Gasteiger partial charge in [-0.1, -0.05) is 11.2 Å². The quantitative estimate of drug-likeness (QED) is 0.825. The highest BCUT2D eigenvalue weighted by Gasteiger charge is 2.33. The van der Waals surface area contributed by atoms with Crippen LogP contribution in [0.15, 0.2) is 22.7 Å². The molecule has 1 aromatic heterocycles. The number of carbonyl (C=O) groups is 2. The standard InChI is InChI=1S/C20H25N5O4/c1-13-9-23(6-7-24(13)15-11-28-12-15)10-14-2-3-17-16(8-14)19(22-29-17)25-5-4-18(26)21-20(25)27/h2-3,8,13,15H,4-7,9-12H2,1H3,(H,21,26,27)/t13-/m0/s1. The van der Waals surface area contributed by atoms with E-state index in [1.165, 1.54) is 4.90 Å². The second-order valence-electron chi connectivity index (χ2n) is 8.10. The van der Waals surface area contributed by atoms with E-state index in [1.807, 2.05) is 18.2 Å². The summed E-state index contributed by atoms with van der Waals surface area (Å²) >= 11 is 0. The van der Waals surface area contributed by atoms with Crippen LogP contribution >= 0.6 is 0 Å². The molecule has 29 heavy (non-hydrogen) atoms. The Kier molecular flexibility index (Phi) is 4.73. The fraction of sp³-hybridized carbons (Fsp3) is 0.550. The second-order valence-corrected chi connectivity index (χ2v) is 8.10. The monoisotopic (exact) mass is 399 g/mol. The summed E-state index contributed by atoms with van der Waals surface area (Å²) in [7, 11) is 0. The number of aromatic nitrogens is 1. The summed E-state index contributed by atoms with van der Waals surface area (Å²) in [6, 6.07) is 6.62. The molecular formula is C20H25N5O4. The Balaban J connectivity index is 1.31. The van der Waals surface area contributed by atoms with Crippen LogP contribution in [0.1, 0.15) is 18.9 Å². The Labute approximate surface area is 168 Å². The number of amides is 3. The Hall–Kier alpha value is -2.49. The normalized spacial score (nSPS) is 24.7. The molecule has 9 nitrogen and oxygen atoms in total. The molecule has 4 heterocycles. The molecule has 0 bridgehead atoms. The minimum Gasteiger partial charge on any atom is -0.378 e. The molecule has 1 atom stereocenters. The van der Waals surface area contributed by atoms with Gasteiger partial charge < -0.3 is 9.26 Å². The number of anilines is 1. The van der Waals surface area contributed by atoms with Crippen LogP contribution in [0.3, 0.4) is 0 Å². The summed E-state index contributed by atoms with van der Waals surface area (Å²) in [5.41, 5.74) is 1.79. The van der Waals surface area contributed by atoms with Gasteiger partial charge >= 0.3 is 6.03 Å². The molecule has 1 aromatic carbocycles. The number of rotatable bonds is 4. The minimum atomic E-state index is -0.452. The summed E-state index contributed by atoms with van der Waals surface area (Å²) in [5.74, 6) is 0.205. The van der Waals surface area contributed by atoms with Gasteiger partial charge in [0.2, 0.25) is 5.91 Å². The van der Waals surface area contributed by atoms with E-state index in [0.29, 0.717) is 30.0 Å². The molecule has 3 amide bonds. The van der Waals surface area contributed by atoms with Crippen LogP contribution in [0.25, 0.3) is 11.0 Å². The summed E-state index contributed by atoms with van der Waals surface area (Å²) in [4.78, 5) is 30.1. The van der Waals surface area contributed by atoms with E-state index in [1.54, 1.807) is 0 Å². The maximum absolute atomic E-state index is 12.2. The van der Waals surface area contributed by atoms with Crippen LogP contribution in [0, 0.1) is 0 Å². The van der Waals surface area contributed by atoms with Crippen molar-refractivity contribution >= 4 is 28.7 Å². The third kappa shape index (κ3) is 3.50. The van der Waals surface area contributed by atoms with Crippen LogP contribution < -0.4 is 10.2 Å². The highest BCUT2D eigenvalue weighted by atomic mass is 16.5. The maximum Gasteiger partial charge on any atom is 0.329 e. The van der Waals surface area contributed by atoms with E-state index in [9.17, 15) is 9.59 Å². The third-order valence-electron chi connectivity index (χ3n) is 6.08. The van der Waals surface area contributed by atoms with Crippen molar-refractivity contribution in [2.45, 2.75) is 32.0 Å². The zero-order valence-electron chi connectivity index (χ0n) is 16.5. The molecule has 2 aromatic rings. The van der Waals surface area contributed by atoms with Crippen LogP contribution in [-0.4, -0.2) is 78.4 Å². The van der Waals surface area contributed by atoms with Gasteiger partial charge in [0.25, 0.3) is 0 Å². The van der Waals surface area contributed by atoms with E-state index in [-0.39, 0.29) is 12.3 Å². The van der Waals surface area contributed by atoms with Crippen molar-refractivity contribution in [1.82, 2.24) is 20.3 Å². The summed E-state index contributed by atoms with van der Waals surface area (Å²) < 4.78 is 10.8. The number of imide groups is 1. The summed E-state index contributed by atoms with van der Waals surface area (Å²) in [5, 5.41) is 7.22. The van der Waals surface area contributed by atoms with E-state index < -0.39 is 6.03 Å². The molecule has 3 aliphatic rings. The number of hydrogen-bond acceptors (Lipinski definition) is 7. The van der Waals surface area contributed by atoms with Crippen molar-refractivity contribution in [1.29, 1.82) is 0 Å². The molecule has 0 unspecified atom stereocenters. The SMILES string of the molecule is C[C@H]1CN(Cc2ccc3onc(N4CCC(=O)NC4=O)c3c2)CCN1C1COC1. The zero-order valence-corrected chi connectivity index (χ0v) is 16.5. The number of urea groups is 1. The van der Waals surface area contributed by atoms with Gasteiger partial charge in [0.1, 0.15) is 0 Å². The summed E-state index contributed by atoms with van der Waals surface area (Å²) in [6.45, 7) is 8.22. The Morgan fingerprint density at radius 2 is 2.07 bits per heavy atom. The highest BCUT2D eigenvalue weighted by molar-refractivity contribution is 6.08. The molecule has 3 fully saturated rings. The van der Waals surface area contributed by atoms with Crippen LogP contribution in [-0.2, 0) is 16.1 Å².